The SMILES string of the molecule is CCC[C@H](c1nc2ccc(Cl)cc2c(=O)n1C)N1CCCNC(C)C1. The molecule has 136 valence electrons. The predicted molar refractivity (Wildman–Crippen MR) is 103 cm³/mol. The largest absolute Gasteiger partial charge is 0.313 e. The predicted octanol–water partition coefficient (Wildman–Crippen LogP) is 3.11. The average Bonchev–Trinajstić information content (AvgIpc) is 2.81. The Morgan fingerprint density at radius 2 is 2.24 bits per heavy atom. The summed E-state index contributed by atoms with van der Waals surface area (Å²) < 4.78 is 1.71. The van der Waals surface area contributed by atoms with Crippen LogP contribution in [0.3, 0.4) is 0 Å². The monoisotopic (exact) mass is 362 g/mol. The van der Waals surface area contributed by atoms with E-state index in [2.05, 4.69) is 24.1 Å². The molecule has 2 heterocycles. The molecule has 1 aliphatic rings. The molecule has 1 aromatic carbocycles. The maximum atomic E-state index is 12.9. The normalized spacial score (nSPS) is 20.6. The van der Waals surface area contributed by atoms with E-state index in [1.807, 2.05) is 13.1 Å². The molecule has 2 aromatic rings. The minimum Gasteiger partial charge on any atom is -0.313 e. The van der Waals surface area contributed by atoms with E-state index in [1.54, 1.807) is 16.7 Å². The van der Waals surface area contributed by atoms with Gasteiger partial charge in [0, 0.05) is 31.2 Å². The van der Waals surface area contributed by atoms with Crippen LogP contribution in [0.2, 0.25) is 5.02 Å². The van der Waals surface area contributed by atoms with Crippen molar-refractivity contribution < 1.29 is 0 Å². The van der Waals surface area contributed by atoms with Crippen LogP contribution >= 0.6 is 11.6 Å². The molecule has 0 radical (unpaired) electrons. The molecule has 25 heavy (non-hydrogen) atoms. The minimum atomic E-state index is -0.0235. The quantitative estimate of drug-likeness (QED) is 0.907. The lowest BCUT2D eigenvalue weighted by Gasteiger charge is -2.32. The van der Waals surface area contributed by atoms with Gasteiger partial charge in [-0.05, 0) is 44.5 Å². The highest BCUT2D eigenvalue weighted by molar-refractivity contribution is 6.31. The van der Waals surface area contributed by atoms with Gasteiger partial charge in [0.15, 0.2) is 0 Å². The number of fused-ring (bicyclic) bond motifs is 1. The van der Waals surface area contributed by atoms with Gasteiger partial charge in [-0.3, -0.25) is 14.3 Å². The summed E-state index contributed by atoms with van der Waals surface area (Å²) >= 11 is 6.06. The fourth-order valence-corrected chi connectivity index (χ4v) is 3.90. The van der Waals surface area contributed by atoms with Crippen molar-refractivity contribution in [3.63, 3.8) is 0 Å². The summed E-state index contributed by atoms with van der Waals surface area (Å²) in [7, 11) is 1.83. The van der Waals surface area contributed by atoms with Gasteiger partial charge in [0.2, 0.25) is 0 Å². The van der Waals surface area contributed by atoms with E-state index in [0.29, 0.717) is 16.5 Å². The van der Waals surface area contributed by atoms with Gasteiger partial charge in [-0.1, -0.05) is 24.9 Å². The van der Waals surface area contributed by atoms with Crippen LogP contribution in [-0.2, 0) is 7.05 Å². The average molecular weight is 363 g/mol. The topological polar surface area (TPSA) is 50.2 Å². The van der Waals surface area contributed by atoms with Crippen LogP contribution < -0.4 is 10.9 Å². The molecule has 0 amide bonds. The van der Waals surface area contributed by atoms with E-state index in [0.717, 1.165) is 50.2 Å². The molecule has 6 heteroatoms. The number of hydrogen-bond acceptors (Lipinski definition) is 4. The lowest BCUT2D eigenvalue weighted by molar-refractivity contribution is 0.175. The number of rotatable bonds is 4. The first kappa shape index (κ1) is 18.4. The van der Waals surface area contributed by atoms with Crippen molar-refractivity contribution in [3.05, 3.63) is 39.4 Å². The second-order valence-electron chi connectivity index (χ2n) is 7.00. The summed E-state index contributed by atoms with van der Waals surface area (Å²) in [4.78, 5) is 20.2. The van der Waals surface area contributed by atoms with Crippen LogP contribution in [0.4, 0.5) is 0 Å². The van der Waals surface area contributed by atoms with Gasteiger partial charge in [0.1, 0.15) is 5.82 Å². The third kappa shape index (κ3) is 3.89. The molecule has 1 fully saturated rings. The molecule has 5 nitrogen and oxygen atoms in total. The van der Waals surface area contributed by atoms with E-state index >= 15 is 0 Å². The molecule has 2 atom stereocenters. The van der Waals surface area contributed by atoms with Crippen LogP contribution in [0.25, 0.3) is 10.9 Å². The first-order valence-electron chi connectivity index (χ1n) is 9.15. The summed E-state index contributed by atoms with van der Waals surface area (Å²) in [6.07, 6.45) is 3.16. The summed E-state index contributed by atoms with van der Waals surface area (Å²) in [5.74, 6) is 0.857. The molecule has 3 rings (SSSR count). The maximum absolute atomic E-state index is 12.9. The Balaban J connectivity index is 2.08. The van der Waals surface area contributed by atoms with E-state index < -0.39 is 0 Å². The zero-order valence-corrected chi connectivity index (χ0v) is 16.0. The first-order chi connectivity index (χ1) is 12.0. The molecule has 0 spiro atoms. The van der Waals surface area contributed by atoms with Gasteiger partial charge in [0.25, 0.3) is 5.56 Å². The van der Waals surface area contributed by atoms with Crippen LogP contribution in [-0.4, -0.2) is 40.1 Å². The summed E-state index contributed by atoms with van der Waals surface area (Å²) in [5.41, 5.74) is 0.703. The highest BCUT2D eigenvalue weighted by Crippen LogP contribution is 2.26. The van der Waals surface area contributed by atoms with Crippen molar-refractivity contribution in [1.82, 2.24) is 19.8 Å². The molecule has 1 saturated heterocycles. The fourth-order valence-electron chi connectivity index (χ4n) is 3.73. The second kappa shape index (κ2) is 7.85. The van der Waals surface area contributed by atoms with Crippen molar-refractivity contribution >= 4 is 22.5 Å². The van der Waals surface area contributed by atoms with Crippen molar-refractivity contribution in [2.75, 3.05) is 19.6 Å². The standard InChI is InChI=1S/C19H27ClN4O/c1-4-6-17(24-10-5-9-21-13(2)12-24)18-22-16-8-7-14(20)11-15(16)19(25)23(18)3/h7-8,11,13,17,21H,4-6,9-10,12H2,1-3H3/t13?,17-/m1/s1. The van der Waals surface area contributed by atoms with Crippen LogP contribution in [0.15, 0.2) is 23.0 Å². The molecular formula is C19H27ClN4O. The number of benzene rings is 1. The fraction of sp³-hybridized carbons (Fsp3) is 0.579. The van der Waals surface area contributed by atoms with Crippen LogP contribution in [0, 0.1) is 0 Å². The smallest absolute Gasteiger partial charge is 0.261 e. The van der Waals surface area contributed by atoms with Crippen molar-refractivity contribution in [3.8, 4) is 0 Å². The summed E-state index contributed by atoms with van der Waals surface area (Å²) in [6, 6.07) is 5.96. The van der Waals surface area contributed by atoms with E-state index in [-0.39, 0.29) is 11.6 Å². The van der Waals surface area contributed by atoms with Crippen LogP contribution in [0.5, 0.6) is 0 Å². The number of hydrogen-bond donors (Lipinski definition) is 1. The lowest BCUT2D eigenvalue weighted by atomic mass is 10.1. The summed E-state index contributed by atoms with van der Waals surface area (Å²) in [6.45, 7) is 7.44. The first-order valence-corrected chi connectivity index (χ1v) is 9.52. The molecule has 1 aromatic heterocycles. The molecule has 1 aliphatic heterocycles. The molecule has 0 saturated carbocycles. The number of halogens is 1. The Hall–Kier alpha value is -1.43. The molecule has 1 N–H and O–H groups in total. The zero-order valence-electron chi connectivity index (χ0n) is 15.3. The maximum Gasteiger partial charge on any atom is 0.261 e. The van der Waals surface area contributed by atoms with Crippen molar-refractivity contribution in [1.29, 1.82) is 0 Å². The van der Waals surface area contributed by atoms with Gasteiger partial charge in [0.05, 0.1) is 16.9 Å². The Morgan fingerprint density at radius 1 is 1.44 bits per heavy atom. The Labute approximate surface area is 154 Å². The lowest BCUT2D eigenvalue weighted by Crippen LogP contribution is -2.39. The van der Waals surface area contributed by atoms with E-state index in [4.69, 9.17) is 16.6 Å². The molecule has 0 aliphatic carbocycles. The van der Waals surface area contributed by atoms with Gasteiger partial charge >= 0.3 is 0 Å². The number of nitrogens with zero attached hydrogens (tertiary/aromatic N) is 3. The highest BCUT2D eigenvalue weighted by atomic mass is 35.5. The molecule has 0 bridgehead atoms. The Bertz CT molecular complexity index is 804. The third-order valence-corrected chi connectivity index (χ3v) is 5.23. The zero-order chi connectivity index (χ0) is 18.0. The minimum absolute atomic E-state index is 0.0235. The number of nitrogens with one attached hydrogen (secondary N) is 1. The van der Waals surface area contributed by atoms with E-state index in [1.165, 1.54) is 0 Å². The molecule has 1 unspecified atom stereocenters. The van der Waals surface area contributed by atoms with E-state index in [9.17, 15) is 4.79 Å². The van der Waals surface area contributed by atoms with Crippen molar-refractivity contribution in [2.24, 2.45) is 7.05 Å². The number of aromatic nitrogens is 2. The summed E-state index contributed by atoms with van der Waals surface area (Å²) in [5, 5.41) is 4.69. The van der Waals surface area contributed by atoms with Gasteiger partial charge in [-0.2, -0.15) is 0 Å². The second-order valence-corrected chi connectivity index (χ2v) is 7.44. The van der Waals surface area contributed by atoms with Gasteiger partial charge in [-0.15, -0.1) is 0 Å². The third-order valence-electron chi connectivity index (χ3n) is 5.00. The Morgan fingerprint density at radius 3 is 3.00 bits per heavy atom. The van der Waals surface area contributed by atoms with Crippen molar-refractivity contribution in [2.45, 2.75) is 45.2 Å². The van der Waals surface area contributed by atoms with Gasteiger partial charge in [-0.25, -0.2) is 4.98 Å². The van der Waals surface area contributed by atoms with Gasteiger partial charge < -0.3 is 5.32 Å². The van der Waals surface area contributed by atoms with Crippen LogP contribution in [0.1, 0.15) is 45.0 Å². The molecular weight excluding hydrogens is 336 g/mol. The highest BCUT2D eigenvalue weighted by Gasteiger charge is 2.26. The Kier molecular flexibility index (Phi) is 5.77.